The minimum Gasteiger partial charge on any atom is -0.346 e. The molecular weight excluding hydrogens is 252 g/mol. The van der Waals surface area contributed by atoms with Crippen LogP contribution in [0.5, 0.6) is 0 Å². The Bertz CT molecular complexity index is 595. The molecule has 1 N–H and O–H groups in total. The number of nitrogens with one attached hydrogen (secondary N) is 1. The molecule has 0 saturated heterocycles. The number of carbonyl (C=O) groups is 1. The minimum absolute atomic E-state index is 0.211. The Kier molecular flexibility index (Phi) is 3.89. The molecule has 100 valence electrons. The number of carbonyl (C=O) groups excluding carboxylic acids is 1. The largest absolute Gasteiger partial charge is 0.346 e. The highest BCUT2D eigenvalue weighted by atomic mass is 19.2. The fourth-order valence-corrected chi connectivity index (χ4v) is 1.74. The lowest BCUT2D eigenvalue weighted by Gasteiger charge is -2.08. The van der Waals surface area contributed by atoms with Gasteiger partial charge < -0.3 is 5.32 Å². The standard InChI is InChI=1S/C13H13F2N3O/c1-2-18-9(6-7-17-18)8-16-13(19)10-4-3-5-11(14)12(10)15/h3-7H,2,8H2,1H3,(H,16,19). The number of nitrogens with zero attached hydrogens (tertiary/aromatic N) is 2. The van der Waals surface area contributed by atoms with Crippen molar-refractivity contribution < 1.29 is 13.6 Å². The Balaban J connectivity index is 2.08. The minimum atomic E-state index is -1.14. The molecule has 6 heteroatoms. The molecule has 0 atom stereocenters. The van der Waals surface area contributed by atoms with E-state index in [-0.39, 0.29) is 12.1 Å². The van der Waals surface area contributed by atoms with Gasteiger partial charge in [0.2, 0.25) is 0 Å². The summed E-state index contributed by atoms with van der Waals surface area (Å²) in [5, 5.41) is 6.59. The Hall–Kier alpha value is -2.24. The fraction of sp³-hybridized carbons (Fsp3) is 0.231. The number of benzene rings is 1. The quantitative estimate of drug-likeness (QED) is 0.920. The maximum atomic E-state index is 13.4. The molecule has 2 aromatic rings. The van der Waals surface area contributed by atoms with Crippen molar-refractivity contribution in [3.63, 3.8) is 0 Å². The normalized spacial score (nSPS) is 10.5. The van der Waals surface area contributed by atoms with Gasteiger partial charge in [-0.05, 0) is 25.1 Å². The monoisotopic (exact) mass is 265 g/mol. The summed E-state index contributed by atoms with van der Waals surface area (Å²) in [7, 11) is 0. The van der Waals surface area contributed by atoms with Crippen molar-refractivity contribution in [2.45, 2.75) is 20.0 Å². The summed E-state index contributed by atoms with van der Waals surface area (Å²) in [6.45, 7) is 2.81. The van der Waals surface area contributed by atoms with E-state index in [9.17, 15) is 13.6 Å². The molecule has 1 heterocycles. The van der Waals surface area contributed by atoms with E-state index in [0.29, 0.717) is 6.54 Å². The van der Waals surface area contributed by atoms with Crippen LogP contribution in [-0.4, -0.2) is 15.7 Å². The third kappa shape index (κ3) is 2.78. The van der Waals surface area contributed by atoms with Crippen LogP contribution in [0.15, 0.2) is 30.5 Å². The molecule has 0 spiro atoms. The Labute approximate surface area is 109 Å². The summed E-state index contributed by atoms with van der Waals surface area (Å²) in [4.78, 5) is 11.8. The van der Waals surface area contributed by atoms with E-state index >= 15 is 0 Å². The molecule has 1 aromatic heterocycles. The first-order valence-electron chi connectivity index (χ1n) is 5.86. The molecular formula is C13H13F2N3O. The Morgan fingerprint density at radius 3 is 2.89 bits per heavy atom. The predicted molar refractivity (Wildman–Crippen MR) is 65.4 cm³/mol. The zero-order chi connectivity index (χ0) is 13.8. The first-order valence-corrected chi connectivity index (χ1v) is 5.86. The topological polar surface area (TPSA) is 46.9 Å². The number of hydrogen-bond acceptors (Lipinski definition) is 2. The van der Waals surface area contributed by atoms with Gasteiger partial charge in [0.25, 0.3) is 5.91 Å². The van der Waals surface area contributed by atoms with Gasteiger partial charge in [-0.2, -0.15) is 5.10 Å². The smallest absolute Gasteiger partial charge is 0.254 e. The van der Waals surface area contributed by atoms with Crippen molar-refractivity contribution in [3.8, 4) is 0 Å². The van der Waals surface area contributed by atoms with Crippen LogP contribution in [0.25, 0.3) is 0 Å². The van der Waals surface area contributed by atoms with Crippen LogP contribution >= 0.6 is 0 Å². The van der Waals surface area contributed by atoms with Crippen molar-refractivity contribution in [1.82, 2.24) is 15.1 Å². The lowest BCUT2D eigenvalue weighted by atomic mass is 10.2. The zero-order valence-corrected chi connectivity index (χ0v) is 10.4. The number of amides is 1. The molecule has 4 nitrogen and oxygen atoms in total. The van der Waals surface area contributed by atoms with Gasteiger partial charge in [0.05, 0.1) is 17.8 Å². The summed E-state index contributed by atoms with van der Waals surface area (Å²) >= 11 is 0. The van der Waals surface area contributed by atoms with Crippen LogP contribution in [0, 0.1) is 11.6 Å². The van der Waals surface area contributed by atoms with Crippen molar-refractivity contribution in [3.05, 3.63) is 53.4 Å². The van der Waals surface area contributed by atoms with Crippen LogP contribution in [-0.2, 0) is 13.1 Å². The molecule has 0 aliphatic heterocycles. The average molecular weight is 265 g/mol. The molecule has 1 aromatic carbocycles. The number of aromatic nitrogens is 2. The molecule has 0 radical (unpaired) electrons. The third-order valence-corrected chi connectivity index (χ3v) is 2.73. The molecule has 19 heavy (non-hydrogen) atoms. The van der Waals surface area contributed by atoms with Crippen molar-refractivity contribution in [1.29, 1.82) is 0 Å². The van der Waals surface area contributed by atoms with E-state index in [1.54, 1.807) is 16.9 Å². The van der Waals surface area contributed by atoms with Gasteiger partial charge in [0, 0.05) is 12.7 Å². The SMILES string of the molecule is CCn1nccc1CNC(=O)c1cccc(F)c1F. The fourth-order valence-electron chi connectivity index (χ4n) is 1.74. The molecule has 0 saturated carbocycles. The Morgan fingerprint density at radius 2 is 2.16 bits per heavy atom. The molecule has 0 fully saturated rings. The number of aryl methyl sites for hydroxylation is 1. The number of halogens is 2. The van der Waals surface area contributed by atoms with E-state index in [1.165, 1.54) is 12.1 Å². The maximum absolute atomic E-state index is 13.4. The zero-order valence-electron chi connectivity index (χ0n) is 10.4. The van der Waals surface area contributed by atoms with Gasteiger partial charge in [0.1, 0.15) is 0 Å². The second-order valence-corrected chi connectivity index (χ2v) is 3.92. The Morgan fingerprint density at radius 1 is 1.37 bits per heavy atom. The van der Waals surface area contributed by atoms with Gasteiger partial charge in [-0.3, -0.25) is 9.48 Å². The third-order valence-electron chi connectivity index (χ3n) is 2.73. The van der Waals surface area contributed by atoms with Gasteiger partial charge in [-0.25, -0.2) is 8.78 Å². The summed E-state index contributed by atoms with van der Waals surface area (Å²) in [6, 6.07) is 5.26. The first-order chi connectivity index (χ1) is 9.13. The lowest BCUT2D eigenvalue weighted by molar-refractivity contribution is 0.0945. The second-order valence-electron chi connectivity index (χ2n) is 3.92. The van der Waals surface area contributed by atoms with Crippen LogP contribution < -0.4 is 5.32 Å². The lowest BCUT2D eigenvalue weighted by Crippen LogP contribution is -2.25. The number of hydrogen-bond donors (Lipinski definition) is 1. The summed E-state index contributed by atoms with van der Waals surface area (Å²) in [6.07, 6.45) is 1.62. The van der Waals surface area contributed by atoms with E-state index in [1.807, 2.05) is 6.92 Å². The van der Waals surface area contributed by atoms with Crippen LogP contribution in [0.2, 0.25) is 0 Å². The summed E-state index contributed by atoms with van der Waals surface area (Å²) < 4.78 is 28.1. The predicted octanol–water partition coefficient (Wildman–Crippen LogP) is 2.11. The molecule has 0 aliphatic carbocycles. The highest BCUT2D eigenvalue weighted by molar-refractivity contribution is 5.94. The molecule has 0 aliphatic rings. The molecule has 2 rings (SSSR count). The van der Waals surface area contributed by atoms with Crippen LogP contribution in [0.1, 0.15) is 23.0 Å². The van der Waals surface area contributed by atoms with E-state index in [4.69, 9.17) is 0 Å². The molecule has 0 unspecified atom stereocenters. The van der Waals surface area contributed by atoms with E-state index < -0.39 is 17.5 Å². The van der Waals surface area contributed by atoms with E-state index in [0.717, 1.165) is 11.8 Å². The van der Waals surface area contributed by atoms with Gasteiger partial charge in [-0.1, -0.05) is 6.07 Å². The maximum Gasteiger partial charge on any atom is 0.254 e. The molecule has 1 amide bonds. The van der Waals surface area contributed by atoms with Crippen molar-refractivity contribution >= 4 is 5.91 Å². The van der Waals surface area contributed by atoms with Crippen molar-refractivity contribution in [2.75, 3.05) is 0 Å². The highest BCUT2D eigenvalue weighted by Crippen LogP contribution is 2.11. The summed E-state index contributed by atoms with van der Waals surface area (Å²) in [5.41, 5.74) is 0.496. The molecule has 0 bridgehead atoms. The summed E-state index contributed by atoms with van der Waals surface area (Å²) in [5.74, 6) is -2.82. The van der Waals surface area contributed by atoms with Gasteiger partial charge in [0.15, 0.2) is 11.6 Å². The van der Waals surface area contributed by atoms with E-state index in [2.05, 4.69) is 10.4 Å². The van der Waals surface area contributed by atoms with Crippen LogP contribution in [0.4, 0.5) is 8.78 Å². The van der Waals surface area contributed by atoms with Gasteiger partial charge in [-0.15, -0.1) is 0 Å². The van der Waals surface area contributed by atoms with Crippen molar-refractivity contribution in [2.24, 2.45) is 0 Å². The highest BCUT2D eigenvalue weighted by Gasteiger charge is 2.15. The average Bonchev–Trinajstić information content (AvgIpc) is 2.86. The van der Waals surface area contributed by atoms with Crippen LogP contribution in [0.3, 0.4) is 0 Å². The number of rotatable bonds is 4. The first kappa shape index (κ1) is 13.2. The second kappa shape index (κ2) is 5.60. The van der Waals surface area contributed by atoms with Gasteiger partial charge >= 0.3 is 0 Å².